The molecule has 0 saturated carbocycles. The maximum absolute atomic E-state index is 9.47. The number of hydrogen-bond acceptors (Lipinski definition) is 6. The molecule has 6 heteroatoms. The molecule has 3 heterocycles. The number of ether oxygens (including phenoxy) is 1. The zero-order valence-electron chi connectivity index (χ0n) is 13.3. The molecule has 2 fully saturated rings. The van der Waals surface area contributed by atoms with E-state index in [0.717, 1.165) is 63.6 Å². The number of hydrogen-bond donors (Lipinski definition) is 2. The first-order chi connectivity index (χ1) is 10.7. The molecule has 1 atom stereocenters. The Balaban J connectivity index is 1.61. The van der Waals surface area contributed by atoms with E-state index in [0.29, 0.717) is 6.04 Å². The summed E-state index contributed by atoms with van der Waals surface area (Å²) in [5.41, 5.74) is 0.0596. The van der Waals surface area contributed by atoms with Crippen LogP contribution in [0.2, 0.25) is 0 Å². The molecule has 0 spiro atoms. The van der Waals surface area contributed by atoms with Crippen LogP contribution in [-0.2, 0) is 4.74 Å². The Morgan fingerprint density at radius 1 is 1.41 bits per heavy atom. The van der Waals surface area contributed by atoms with E-state index in [1.54, 1.807) is 6.33 Å². The summed E-state index contributed by atoms with van der Waals surface area (Å²) in [7, 11) is 0. The number of anilines is 2. The van der Waals surface area contributed by atoms with Gasteiger partial charge in [0, 0.05) is 32.4 Å². The van der Waals surface area contributed by atoms with E-state index >= 15 is 0 Å². The summed E-state index contributed by atoms with van der Waals surface area (Å²) in [5.74, 6) is 1.84. The van der Waals surface area contributed by atoms with Crippen LogP contribution in [0, 0.1) is 5.41 Å². The predicted molar refractivity (Wildman–Crippen MR) is 86.1 cm³/mol. The van der Waals surface area contributed by atoms with Gasteiger partial charge in [-0.1, -0.05) is 6.92 Å². The molecule has 3 rings (SSSR count). The molecule has 1 aromatic heterocycles. The van der Waals surface area contributed by atoms with Crippen LogP contribution in [0.25, 0.3) is 0 Å². The van der Waals surface area contributed by atoms with Crippen LogP contribution in [0.1, 0.15) is 32.6 Å². The zero-order valence-corrected chi connectivity index (χ0v) is 13.3. The molecule has 2 aliphatic heterocycles. The average molecular weight is 306 g/mol. The number of nitrogens with zero attached hydrogens (tertiary/aromatic N) is 3. The van der Waals surface area contributed by atoms with E-state index in [1.807, 2.05) is 6.07 Å². The monoisotopic (exact) mass is 306 g/mol. The highest BCUT2D eigenvalue weighted by atomic mass is 16.5. The molecule has 0 amide bonds. The van der Waals surface area contributed by atoms with Gasteiger partial charge < -0.3 is 20.1 Å². The topological polar surface area (TPSA) is 70.5 Å². The second-order valence-electron chi connectivity index (χ2n) is 6.78. The van der Waals surface area contributed by atoms with Gasteiger partial charge in [0.25, 0.3) is 0 Å². The third-order valence-electron chi connectivity index (χ3n) is 4.84. The summed E-state index contributed by atoms with van der Waals surface area (Å²) in [4.78, 5) is 11.0. The Labute approximate surface area is 131 Å². The molecular weight excluding hydrogens is 280 g/mol. The van der Waals surface area contributed by atoms with Crippen molar-refractivity contribution < 1.29 is 9.84 Å². The molecule has 2 aliphatic rings. The van der Waals surface area contributed by atoms with Gasteiger partial charge in [0.05, 0.1) is 12.6 Å². The summed E-state index contributed by atoms with van der Waals surface area (Å²) in [5, 5.41) is 12.9. The van der Waals surface area contributed by atoms with E-state index in [2.05, 4.69) is 27.1 Å². The maximum Gasteiger partial charge on any atom is 0.134 e. The standard InChI is InChI=1S/C16H26N4O2/c1-16(11-21)4-6-20(7-5-16)15-9-14(17-12-18-15)19-13-3-2-8-22-10-13/h9,12-13,21H,2-8,10-11H2,1H3,(H,17,18,19). The van der Waals surface area contributed by atoms with Crippen LogP contribution in [0.4, 0.5) is 11.6 Å². The van der Waals surface area contributed by atoms with Gasteiger partial charge in [0.1, 0.15) is 18.0 Å². The van der Waals surface area contributed by atoms with Gasteiger partial charge in [-0.25, -0.2) is 9.97 Å². The fourth-order valence-electron chi connectivity index (χ4n) is 3.10. The predicted octanol–water partition coefficient (Wildman–Crippen LogP) is 1.67. The van der Waals surface area contributed by atoms with Gasteiger partial charge in [-0.05, 0) is 31.1 Å². The zero-order chi connectivity index (χ0) is 15.4. The van der Waals surface area contributed by atoms with Crippen molar-refractivity contribution >= 4 is 11.6 Å². The molecule has 0 aromatic carbocycles. The highest BCUT2D eigenvalue weighted by Gasteiger charge is 2.30. The lowest BCUT2D eigenvalue weighted by Crippen LogP contribution is -2.40. The number of rotatable bonds is 4. The normalized spacial score (nSPS) is 25.0. The van der Waals surface area contributed by atoms with Gasteiger partial charge in [0.2, 0.25) is 0 Å². The first-order valence-corrected chi connectivity index (χ1v) is 8.21. The Bertz CT molecular complexity index is 483. The lowest BCUT2D eigenvalue weighted by Gasteiger charge is -2.38. The third-order valence-corrected chi connectivity index (χ3v) is 4.84. The van der Waals surface area contributed by atoms with Crippen molar-refractivity contribution in [2.75, 3.05) is 43.1 Å². The van der Waals surface area contributed by atoms with Gasteiger partial charge >= 0.3 is 0 Å². The van der Waals surface area contributed by atoms with Crippen LogP contribution >= 0.6 is 0 Å². The fraction of sp³-hybridized carbons (Fsp3) is 0.750. The summed E-state index contributed by atoms with van der Waals surface area (Å²) < 4.78 is 5.50. The van der Waals surface area contributed by atoms with Crippen molar-refractivity contribution in [3.05, 3.63) is 12.4 Å². The van der Waals surface area contributed by atoms with E-state index in [-0.39, 0.29) is 12.0 Å². The van der Waals surface area contributed by atoms with Crippen molar-refractivity contribution in [3.63, 3.8) is 0 Å². The first-order valence-electron chi connectivity index (χ1n) is 8.21. The molecule has 122 valence electrons. The SMILES string of the molecule is CC1(CO)CCN(c2cc(NC3CCCOC3)ncn2)CC1. The second kappa shape index (κ2) is 6.79. The van der Waals surface area contributed by atoms with Crippen molar-refractivity contribution in [2.45, 2.75) is 38.6 Å². The van der Waals surface area contributed by atoms with Crippen LogP contribution in [0.15, 0.2) is 12.4 Å². The first kappa shape index (κ1) is 15.5. The van der Waals surface area contributed by atoms with Gasteiger partial charge in [0.15, 0.2) is 0 Å². The molecular formula is C16H26N4O2. The van der Waals surface area contributed by atoms with Gasteiger partial charge in [-0.15, -0.1) is 0 Å². The summed E-state index contributed by atoms with van der Waals surface area (Å²) in [6, 6.07) is 2.37. The molecule has 0 radical (unpaired) electrons. The molecule has 1 aromatic rings. The minimum Gasteiger partial charge on any atom is -0.396 e. The smallest absolute Gasteiger partial charge is 0.134 e. The van der Waals surface area contributed by atoms with Crippen molar-refractivity contribution in [1.29, 1.82) is 0 Å². The number of aromatic nitrogens is 2. The number of piperidine rings is 1. The van der Waals surface area contributed by atoms with Crippen LogP contribution in [-0.4, -0.2) is 54.0 Å². The molecule has 2 N–H and O–H groups in total. The summed E-state index contributed by atoms with van der Waals surface area (Å²) in [6.07, 6.45) is 5.83. The van der Waals surface area contributed by atoms with Crippen LogP contribution in [0.5, 0.6) is 0 Å². The van der Waals surface area contributed by atoms with Gasteiger partial charge in [-0.3, -0.25) is 0 Å². The number of aliphatic hydroxyl groups is 1. The van der Waals surface area contributed by atoms with E-state index in [1.165, 1.54) is 0 Å². The van der Waals surface area contributed by atoms with Crippen molar-refractivity contribution in [1.82, 2.24) is 9.97 Å². The fourth-order valence-corrected chi connectivity index (χ4v) is 3.10. The molecule has 0 aliphatic carbocycles. The highest BCUT2D eigenvalue weighted by molar-refractivity contribution is 5.49. The van der Waals surface area contributed by atoms with Crippen LogP contribution in [0.3, 0.4) is 0 Å². The van der Waals surface area contributed by atoms with Gasteiger partial charge in [-0.2, -0.15) is 0 Å². The lowest BCUT2D eigenvalue weighted by molar-refractivity contribution is 0.0875. The van der Waals surface area contributed by atoms with Crippen LogP contribution < -0.4 is 10.2 Å². The minimum atomic E-state index is 0.0596. The lowest BCUT2D eigenvalue weighted by atomic mass is 9.81. The van der Waals surface area contributed by atoms with Crippen molar-refractivity contribution in [3.8, 4) is 0 Å². The molecule has 0 bridgehead atoms. The summed E-state index contributed by atoms with van der Waals surface area (Å²) >= 11 is 0. The number of aliphatic hydroxyl groups excluding tert-OH is 1. The van der Waals surface area contributed by atoms with E-state index < -0.39 is 0 Å². The molecule has 22 heavy (non-hydrogen) atoms. The largest absolute Gasteiger partial charge is 0.396 e. The third kappa shape index (κ3) is 3.67. The second-order valence-corrected chi connectivity index (χ2v) is 6.78. The Hall–Kier alpha value is -1.40. The minimum absolute atomic E-state index is 0.0596. The highest BCUT2D eigenvalue weighted by Crippen LogP contribution is 2.32. The molecule has 2 saturated heterocycles. The van der Waals surface area contributed by atoms with E-state index in [9.17, 15) is 5.11 Å². The Morgan fingerprint density at radius 2 is 2.23 bits per heavy atom. The van der Waals surface area contributed by atoms with E-state index in [4.69, 9.17) is 4.74 Å². The quantitative estimate of drug-likeness (QED) is 0.882. The maximum atomic E-state index is 9.47. The molecule has 6 nitrogen and oxygen atoms in total. The molecule has 1 unspecified atom stereocenters. The summed E-state index contributed by atoms with van der Waals surface area (Å²) in [6.45, 7) is 5.89. The van der Waals surface area contributed by atoms with Crippen molar-refractivity contribution in [2.24, 2.45) is 5.41 Å². The Morgan fingerprint density at radius 3 is 2.91 bits per heavy atom. The average Bonchev–Trinajstić information content (AvgIpc) is 2.57. The number of nitrogens with one attached hydrogen (secondary N) is 1. The Kier molecular flexibility index (Phi) is 4.78.